The third-order valence-corrected chi connectivity index (χ3v) is 2.92. The molecule has 1 aliphatic heterocycles. The lowest BCUT2D eigenvalue weighted by Gasteiger charge is -2.08. The first kappa shape index (κ1) is 11.5. The quantitative estimate of drug-likeness (QED) is 0.800. The van der Waals surface area contributed by atoms with E-state index in [1.807, 2.05) is 12.1 Å². The predicted molar refractivity (Wildman–Crippen MR) is 63.7 cm³/mol. The van der Waals surface area contributed by atoms with Crippen LogP contribution in [0.3, 0.4) is 0 Å². The Morgan fingerprint density at radius 2 is 2.38 bits per heavy atom. The number of fused-ring (bicyclic) bond motifs is 1. The van der Waals surface area contributed by atoms with E-state index in [2.05, 4.69) is 15.9 Å². The van der Waals surface area contributed by atoms with Gasteiger partial charge >= 0.3 is 5.97 Å². The maximum atomic E-state index is 11.4. The van der Waals surface area contributed by atoms with Crippen molar-refractivity contribution in [1.29, 1.82) is 0 Å². The van der Waals surface area contributed by atoms with E-state index in [1.54, 1.807) is 6.92 Å². The summed E-state index contributed by atoms with van der Waals surface area (Å²) in [5.74, 6) is 0.648. The van der Waals surface area contributed by atoms with Crippen LogP contribution >= 0.6 is 15.9 Å². The highest BCUT2D eigenvalue weighted by atomic mass is 79.9. The van der Waals surface area contributed by atoms with Gasteiger partial charge in [0.05, 0.1) is 19.6 Å². The summed E-state index contributed by atoms with van der Waals surface area (Å²) < 4.78 is 11.5. The molecule has 0 atom stereocenters. The summed E-state index contributed by atoms with van der Waals surface area (Å²) in [7, 11) is 0. The van der Waals surface area contributed by atoms with Crippen molar-refractivity contribution in [2.45, 2.75) is 19.8 Å². The van der Waals surface area contributed by atoms with E-state index in [1.165, 1.54) is 0 Å². The Kier molecular flexibility index (Phi) is 3.49. The standard InChI is InChI=1S/C12H13BrO3/c1-2-15-11(14)7-9-6-10(13)5-8-3-4-16-12(8)9/h5-6H,2-4,7H2,1H3. The maximum Gasteiger partial charge on any atom is 0.310 e. The number of esters is 1. The maximum absolute atomic E-state index is 11.4. The molecule has 0 spiro atoms. The molecule has 16 heavy (non-hydrogen) atoms. The number of halogens is 1. The molecular formula is C12H13BrO3. The lowest BCUT2D eigenvalue weighted by molar-refractivity contribution is -0.142. The third-order valence-electron chi connectivity index (χ3n) is 2.47. The Labute approximate surface area is 103 Å². The second-order valence-electron chi connectivity index (χ2n) is 3.63. The van der Waals surface area contributed by atoms with Crippen molar-refractivity contribution in [1.82, 2.24) is 0 Å². The van der Waals surface area contributed by atoms with Gasteiger partial charge in [0.25, 0.3) is 0 Å². The van der Waals surface area contributed by atoms with E-state index in [0.29, 0.717) is 13.2 Å². The van der Waals surface area contributed by atoms with Gasteiger partial charge in [-0.05, 0) is 24.6 Å². The van der Waals surface area contributed by atoms with Crippen molar-refractivity contribution in [3.8, 4) is 5.75 Å². The van der Waals surface area contributed by atoms with Crippen molar-refractivity contribution in [2.75, 3.05) is 13.2 Å². The number of hydrogen-bond donors (Lipinski definition) is 0. The number of rotatable bonds is 3. The fourth-order valence-corrected chi connectivity index (χ4v) is 2.40. The molecule has 2 rings (SSSR count). The van der Waals surface area contributed by atoms with Gasteiger partial charge in [-0.25, -0.2) is 0 Å². The first-order valence-corrected chi connectivity index (χ1v) is 6.09. The molecule has 1 aromatic rings. The minimum Gasteiger partial charge on any atom is -0.493 e. The molecule has 0 unspecified atom stereocenters. The number of ether oxygens (including phenoxy) is 2. The molecule has 0 saturated heterocycles. The SMILES string of the molecule is CCOC(=O)Cc1cc(Br)cc2c1OCC2. The van der Waals surface area contributed by atoms with Crippen molar-refractivity contribution < 1.29 is 14.3 Å². The Morgan fingerprint density at radius 3 is 3.12 bits per heavy atom. The highest BCUT2D eigenvalue weighted by Crippen LogP contribution is 2.33. The summed E-state index contributed by atoms with van der Waals surface area (Å²) in [5, 5.41) is 0. The molecule has 86 valence electrons. The summed E-state index contributed by atoms with van der Waals surface area (Å²) in [6.45, 7) is 2.91. The van der Waals surface area contributed by atoms with E-state index in [-0.39, 0.29) is 12.4 Å². The molecule has 0 aliphatic carbocycles. The van der Waals surface area contributed by atoms with E-state index < -0.39 is 0 Å². The van der Waals surface area contributed by atoms with Crippen LogP contribution in [0.1, 0.15) is 18.1 Å². The van der Waals surface area contributed by atoms with Crippen LogP contribution in [-0.4, -0.2) is 19.2 Å². The van der Waals surface area contributed by atoms with E-state index in [4.69, 9.17) is 9.47 Å². The summed E-state index contributed by atoms with van der Waals surface area (Å²) in [4.78, 5) is 11.4. The van der Waals surface area contributed by atoms with Gasteiger partial charge in [-0.2, -0.15) is 0 Å². The molecule has 0 amide bonds. The summed E-state index contributed by atoms with van der Waals surface area (Å²) in [6, 6.07) is 3.96. The van der Waals surface area contributed by atoms with Crippen LogP contribution in [0.2, 0.25) is 0 Å². The van der Waals surface area contributed by atoms with Gasteiger partial charge in [0.15, 0.2) is 0 Å². The van der Waals surface area contributed by atoms with E-state index in [0.717, 1.165) is 27.8 Å². The van der Waals surface area contributed by atoms with Gasteiger partial charge in [-0.3, -0.25) is 4.79 Å². The molecule has 1 aliphatic rings. The lowest BCUT2D eigenvalue weighted by atomic mass is 10.1. The van der Waals surface area contributed by atoms with Crippen LogP contribution in [0.25, 0.3) is 0 Å². The van der Waals surface area contributed by atoms with Crippen molar-refractivity contribution in [3.05, 3.63) is 27.7 Å². The minimum atomic E-state index is -0.210. The van der Waals surface area contributed by atoms with Gasteiger partial charge in [-0.15, -0.1) is 0 Å². The van der Waals surface area contributed by atoms with Crippen LogP contribution in [0, 0.1) is 0 Å². The van der Waals surface area contributed by atoms with Crippen LogP contribution < -0.4 is 4.74 Å². The Bertz CT molecular complexity index is 415. The molecule has 3 nitrogen and oxygen atoms in total. The smallest absolute Gasteiger partial charge is 0.310 e. The lowest BCUT2D eigenvalue weighted by Crippen LogP contribution is -2.08. The third kappa shape index (κ3) is 2.38. The molecule has 1 heterocycles. The molecule has 0 N–H and O–H groups in total. The van der Waals surface area contributed by atoms with Crippen LogP contribution in [0.15, 0.2) is 16.6 Å². The van der Waals surface area contributed by atoms with Gasteiger partial charge in [0.2, 0.25) is 0 Å². The molecule has 4 heteroatoms. The van der Waals surface area contributed by atoms with Crippen LogP contribution in [-0.2, 0) is 22.4 Å². The predicted octanol–water partition coefficient (Wildman–Crippen LogP) is 2.49. The van der Waals surface area contributed by atoms with Crippen molar-refractivity contribution >= 4 is 21.9 Å². The summed E-state index contributed by atoms with van der Waals surface area (Å²) in [5.41, 5.74) is 2.06. The fraction of sp³-hybridized carbons (Fsp3) is 0.417. The average Bonchev–Trinajstić information content (AvgIpc) is 2.65. The summed E-state index contributed by atoms with van der Waals surface area (Å²) in [6.07, 6.45) is 1.18. The number of hydrogen-bond acceptors (Lipinski definition) is 3. The number of benzene rings is 1. The Balaban J connectivity index is 2.23. The molecule has 1 aromatic carbocycles. The summed E-state index contributed by atoms with van der Waals surface area (Å²) >= 11 is 3.44. The first-order chi connectivity index (χ1) is 7.70. The highest BCUT2D eigenvalue weighted by Gasteiger charge is 2.19. The van der Waals surface area contributed by atoms with Crippen molar-refractivity contribution in [2.24, 2.45) is 0 Å². The molecule has 0 saturated carbocycles. The van der Waals surface area contributed by atoms with E-state index >= 15 is 0 Å². The molecule has 0 aromatic heterocycles. The average molecular weight is 285 g/mol. The van der Waals surface area contributed by atoms with Crippen molar-refractivity contribution in [3.63, 3.8) is 0 Å². The fourth-order valence-electron chi connectivity index (χ4n) is 1.84. The first-order valence-electron chi connectivity index (χ1n) is 5.30. The van der Waals surface area contributed by atoms with E-state index in [9.17, 15) is 4.79 Å². The number of carbonyl (C=O) groups is 1. The number of carbonyl (C=O) groups excluding carboxylic acids is 1. The zero-order valence-corrected chi connectivity index (χ0v) is 10.7. The van der Waals surface area contributed by atoms with Crippen LogP contribution in [0.4, 0.5) is 0 Å². The van der Waals surface area contributed by atoms with Gasteiger partial charge < -0.3 is 9.47 Å². The zero-order chi connectivity index (χ0) is 11.5. The van der Waals surface area contributed by atoms with Gasteiger partial charge in [-0.1, -0.05) is 15.9 Å². The Morgan fingerprint density at radius 1 is 1.56 bits per heavy atom. The molecule has 0 bridgehead atoms. The largest absolute Gasteiger partial charge is 0.493 e. The second kappa shape index (κ2) is 4.87. The normalized spacial score (nSPS) is 13.1. The van der Waals surface area contributed by atoms with Crippen LogP contribution in [0.5, 0.6) is 5.75 Å². The van der Waals surface area contributed by atoms with Gasteiger partial charge in [0.1, 0.15) is 5.75 Å². The highest BCUT2D eigenvalue weighted by molar-refractivity contribution is 9.10. The molecular weight excluding hydrogens is 272 g/mol. The molecule has 0 radical (unpaired) electrons. The monoisotopic (exact) mass is 284 g/mol. The Hall–Kier alpha value is -1.03. The minimum absolute atomic E-state index is 0.210. The molecule has 0 fully saturated rings. The second-order valence-corrected chi connectivity index (χ2v) is 4.55. The zero-order valence-electron chi connectivity index (χ0n) is 9.09. The van der Waals surface area contributed by atoms with Gasteiger partial charge in [0, 0.05) is 16.5 Å². The topological polar surface area (TPSA) is 35.5 Å².